The number of amidine groups is 1. The van der Waals surface area contributed by atoms with E-state index < -0.39 is 0 Å². The van der Waals surface area contributed by atoms with Gasteiger partial charge in [0.1, 0.15) is 0 Å². The van der Waals surface area contributed by atoms with Gasteiger partial charge < -0.3 is 5.73 Å². The van der Waals surface area contributed by atoms with Crippen molar-refractivity contribution in [1.82, 2.24) is 0 Å². The first kappa shape index (κ1) is 8.57. The molecule has 1 aliphatic rings. The summed E-state index contributed by atoms with van der Waals surface area (Å²) in [4.78, 5) is 4.43. The van der Waals surface area contributed by atoms with E-state index in [-0.39, 0.29) is 0 Å². The van der Waals surface area contributed by atoms with Crippen molar-refractivity contribution in [3.8, 4) is 0 Å². The normalized spacial score (nSPS) is 22.4. The van der Waals surface area contributed by atoms with Gasteiger partial charge in [0.15, 0.2) is 0 Å². The largest absolute Gasteiger partial charge is 0.387 e. The number of hydrogen-bond donors (Lipinski definition) is 1. The van der Waals surface area contributed by atoms with E-state index in [4.69, 9.17) is 5.73 Å². The molecule has 0 bridgehead atoms. The van der Waals surface area contributed by atoms with Crippen LogP contribution in [0.3, 0.4) is 0 Å². The summed E-state index contributed by atoms with van der Waals surface area (Å²) in [6, 6.07) is 0.385. The summed E-state index contributed by atoms with van der Waals surface area (Å²) in [6.07, 6.45) is 2.50. The number of nitrogens with two attached hydrogens (primary N) is 1. The lowest BCUT2D eigenvalue weighted by atomic mass is 10.1. The van der Waals surface area contributed by atoms with Gasteiger partial charge in [-0.3, -0.25) is 4.99 Å². The zero-order valence-corrected chi connectivity index (χ0v) is 7.67. The second kappa shape index (κ2) is 3.24. The maximum absolute atomic E-state index is 5.77. The van der Waals surface area contributed by atoms with Crippen LogP contribution < -0.4 is 5.73 Å². The van der Waals surface area contributed by atoms with Gasteiger partial charge in [-0.15, -0.1) is 0 Å². The van der Waals surface area contributed by atoms with Crippen molar-refractivity contribution < 1.29 is 0 Å². The van der Waals surface area contributed by atoms with E-state index in [0.717, 1.165) is 5.84 Å². The van der Waals surface area contributed by atoms with E-state index >= 15 is 0 Å². The van der Waals surface area contributed by atoms with E-state index in [2.05, 4.69) is 25.8 Å². The number of aliphatic imine (C=N–C) groups is 1. The molecule has 0 heterocycles. The fraction of sp³-hybridized carbons (Fsp3) is 0.889. The second-order valence-corrected chi connectivity index (χ2v) is 3.81. The van der Waals surface area contributed by atoms with Crippen molar-refractivity contribution in [2.45, 2.75) is 39.7 Å². The maximum atomic E-state index is 5.77. The third-order valence-corrected chi connectivity index (χ3v) is 2.31. The fourth-order valence-electron chi connectivity index (χ4n) is 0.869. The van der Waals surface area contributed by atoms with Gasteiger partial charge >= 0.3 is 0 Å². The first-order valence-corrected chi connectivity index (χ1v) is 4.44. The summed E-state index contributed by atoms with van der Waals surface area (Å²) in [5, 5.41) is 0. The summed E-state index contributed by atoms with van der Waals surface area (Å²) >= 11 is 0. The molecule has 64 valence electrons. The molecule has 0 aromatic heterocycles. The van der Waals surface area contributed by atoms with Crippen LogP contribution in [0, 0.1) is 11.8 Å². The first-order chi connectivity index (χ1) is 5.11. The highest BCUT2D eigenvalue weighted by Gasteiger charge is 2.25. The minimum absolute atomic E-state index is 0.385. The lowest BCUT2D eigenvalue weighted by Crippen LogP contribution is -2.19. The summed E-state index contributed by atoms with van der Waals surface area (Å²) in [5.74, 6) is 2.11. The molecule has 2 N–H and O–H groups in total. The van der Waals surface area contributed by atoms with Crippen LogP contribution in [0.5, 0.6) is 0 Å². The van der Waals surface area contributed by atoms with E-state index in [0.29, 0.717) is 17.9 Å². The molecule has 1 atom stereocenters. The molecule has 0 aliphatic heterocycles. The van der Waals surface area contributed by atoms with Crippen LogP contribution in [-0.2, 0) is 0 Å². The van der Waals surface area contributed by atoms with Crippen LogP contribution in [0.1, 0.15) is 33.6 Å². The van der Waals surface area contributed by atoms with Crippen LogP contribution in [0.2, 0.25) is 0 Å². The highest BCUT2D eigenvalue weighted by Crippen LogP contribution is 2.29. The molecule has 1 saturated carbocycles. The minimum Gasteiger partial charge on any atom is -0.387 e. The monoisotopic (exact) mass is 154 g/mol. The molecule has 0 saturated heterocycles. The van der Waals surface area contributed by atoms with Crippen LogP contribution >= 0.6 is 0 Å². The molecule has 1 rings (SSSR count). The third-order valence-electron chi connectivity index (χ3n) is 2.31. The predicted molar refractivity (Wildman–Crippen MR) is 48.6 cm³/mol. The molecule has 1 unspecified atom stereocenters. The van der Waals surface area contributed by atoms with E-state index in [9.17, 15) is 0 Å². The fourth-order valence-corrected chi connectivity index (χ4v) is 0.869. The van der Waals surface area contributed by atoms with Crippen molar-refractivity contribution in [3.05, 3.63) is 0 Å². The molecule has 2 heteroatoms. The Bertz CT molecular complexity index is 157. The average Bonchev–Trinajstić information content (AvgIpc) is 2.67. The molecular formula is C9H18N2. The Kier molecular flexibility index (Phi) is 2.53. The molecule has 1 fully saturated rings. The Hall–Kier alpha value is -0.530. The highest BCUT2D eigenvalue weighted by molar-refractivity contribution is 5.85. The second-order valence-electron chi connectivity index (χ2n) is 3.81. The molecule has 0 spiro atoms. The minimum atomic E-state index is 0.385. The van der Waals surface area contributed by atoms with Gasteiger partial charge in [-0.25, -0.2) is 0 Å². The quantitative estimate of drug-likeness (QED) is 0.488. The summed E-state index contributed by atoms with van der Waals surface area (Å²) in [7, 11) is 0. The molecule has 2 nitrogen and oxygen atoms in total. The van der Waals surface area contributed by atoms with Gasteiger partial charge in [-0.05, 0) is 25.7 Å². The van der Waals surface area contributed by atoms with Crippen molar-refractivity contribution >= 4 is 5.84 Å². The van der Waals surface area contributed by atoms with Gasteiger partial charge in [0.25, 0.3) is 0 Å². The van der Waals surface area contributed by atoms with E-state index in [1.165, 1.54) is 12.8 Å². The highest BCUT2D eigenvalue weighted by atomic mass is 14.9. The van der Waals surface area contributed by atoms with Crippen LogP contribution in [0.4, 0.5) is 0 Å². The predicted octanol–water partition coefficient (Wildman–Crippen LogP) is 1.80. The molecule has 1 aliphatic carbocycles. The number of rotatable bonds is 3. The summed E-state index contributed by atoms with van der Waals surface area (Å²) in [6.45, 7) is 6.47. The third kappa shape index (κ3) is 2.52. The Labute approximate surface area is 68.9 Å². The topological polar surface area (TPSA) is 38.4 Å². The molecule has 0 radical (unpaired) electrons. The van der Waals surface area contributed by atoms with Crippen molar-refractivity contribution in [3.63, 3.8) is 0 Å². The smallest absolute Gasteiger partial charge is 0.0971 e. The van der Waals surface area contributed by atoms with Gasteiger partial charge in [0.05, 0.1) is 11.9 Å². The SMILES string of the molecule is CC(C)C(C)N=C(N)C1CC1. The Morgan fingerprint density at radius 2 is 1.91 bits per heavy atom. The van der Waals surface area contributed by atoms with Crippen molar-refractivity contribution in [1.29, 1.82) is 0 Å². The molecule has 0 aromatic carbocycles. The maximum Gasteiger partial charge on any atom is 0.0971 e. The average molecular weight is 154 g/mol. The molecule has 0 amide bonds. The van der Waals surface area contributed by atoms with E-state index in [1.807, 2.05) is 0 Å². The first-order valence-electron chi connectivity index (χ1n) is 4.44. The van der Waals surface area contributed by atoms with Gasteiger partial charge in [0.2, 0.25) is 0 Å². The van der Waals surface area contributed by atoms with E-state index in [1.54, 1.807) is 0 Å². The molecular weight excluding hydrogens is 136 g/mol. The van der Waals surface area contributed by atoms with Crippen LogP contribution in [0.25, 0.3) is 0 Å². The number of hydrogen-bond acceptors (Lipinski definition) is 1. The van der Waals surface area contributed by atoms with Gasteiger partial charge in [-0.2, -0.15) is 0 Å². The standard InChI is InChI=1S/C9H18N2/c1-6(2)7(3)11-9(10)8-4-5-8/h6-8H,4-5H2,1-3H3,(H2,10,11). The Balaban J connectivity index is 2.41. The molecule has 11 heavy (non-hydrogen) atoms. The zero-order chi connectivity index (χ0) is 8.43. The lowest BCUT2D eigenvalue weighted by molar-refractivity contribution is 0.529. The molecule has 0 aromatic rings. The van der Waals surface area contributed by atoms with Crippen molar-refractivity contribution in [2.24, 2.45) is 22.6 Å². The zero-order valence-electron chi connectivity index (χ0n) is 7.67. The number of nitrogens with zero attached hydrogens (tertiary/aromatic N) is 1. The van der Waals surface area contributed by atoms with Crippen molar-refractivity contribution in [2.75, 3.05) is 0 Å². The van der Waals surface area contributed by atoms with Gasteiger partial charge in [-0.1, -0.05) is 13.8 Å². The Morgan fingerprint density at radius 3 is 2.27 bits per heavy atom. The summed E-state index contributed by atoms with van der Waals surface area (Å²) < 4.78 is 0. The van der Waals surface area contributed by atoms with Gasteiger partial charge in [0, 0.05) is 5.92 Å². The Morgan fingerprint density at radius 1 is 1.36 bits per heavy atom. The summed E-state index contributed by atoms with van der Waals surface area (Å²) in [5.41, 5.74) is 5.77. The van der Waals surface area contributed by atoms with Crippen LogP contribution in [-0.4, -0.2) is 11.9 Å². The lowest BCUT2D eigenvalue weighted by Gasteiger charge is -2.10. The van der Waals surface area contributed by atoms with Crippen LogP contribution in [0.15, 0.2) is 4.99 Å².